The molecule has 5 heteroatoms. The van der Waals surface area contributed by atoms with Gasteiger partial charge in [-0.1, -0.05) is 32.5 Å². The van der Waals surface area contributed by atoms with Gasteiger partial charge >= 0.3 is 0 Å². The van der Waals surface area contributed by atoms with E-state index in [1.54, 1.807) is 24.3 Å². The van der Waals surface area contributed by atoms with Crippen molar-refractivity contribution in [1.82, 2.24) is 5.32 Å². The number of benzene rings is 1. The van der Waals surface area contributed by atoms with E-state index in [1.165, 1.54) is 0 Å². The van der Waals surface area contributed by atoms with Crippen molar-refractivity contribution in [2.24, 2.45) is 5.73 Å². The number of amides is 1. The second-order valence-electron chi connectivity index (χ2n) is 5.23. The molecule has 0 radical (unpaired) electrons. The smallest absolute Gasteiger partial charge is 0.252 e. The van der Waals surface area contributed by atoms with E-state index in [4.69, 9.17) is 22.7 Å². The Hall–Kier alpha value is -1.62. The van der Waals surface area contributed by atoms with Crippen LogP contribution in [0, 0.1) is 0 Å². The van der Waals surface area contributed by atoms with E-state index in [-0.39, 0.29) is 10.9 Å². The van der Waals surface area contributed by atoms with Gasteiger partial charge in [-0.3, -0.25) is 4.79 Å². The van der Waals surface area contributed by atoms with Gasteiger partial charge in [0.2, 0.25) is 0 Å². The summed E-state index contributed by atoms with van der Waals surface area (Å²) in [5.74, 6) is 0.583. The molecule has 0 fully saturated rings. The van der Waals surface area contributed by atoms with Crippen molar-refractivity contribution in [3.05, 3.63) is 29.8 Å². The molecule has 0 aliphatic heterocycles. The third-order valence-electron chi connectivity index (χ3n) is 3.52. The molecule has 21 heavy (non-hydrogen) atoms. The van der Waals surface area contributed by atoms with Gasteiger partial charge in [0.1, 0.15) is 5.75 Å². The molecule has 0 bridgehead atoms. The number of carbonyl (C=O) groups excluding carboxylic acids is 1. The molecule has 0 aliphatic rings. The van der Waals surface area contributed by atoms with Gasteiger partial charge in [0.15, 0.2) is 0 Å². The van der Waals surface area contributed by atoms with Gasteiger partial charge in [-0.05, 0) is 44.0 Å². The second-order valence-corrected chi connectivity index (χ2v) is 5.67. The molecule has 3 N–H and O–H groups in total. The fourth-order valence-corrected chi connectivity index (χ4v) is 1.88. The third-order valence-corrected chi connectivity index (χ3v) is 3.97. The summed E-state index contributed by atoms with van der Waals surface area (Å²) in [6, 6.07) is 7.09. The highest BCUT2D eigenvalue weighted by Gasteiger charge is 2.27. The molecule has 1 aromatic rings. The monoisotopic (exact) mass is 308 g/mol. The van der Waals surface area contributed by atoms with E-state index in [0.717, 1.165) is 18.6 Å². The predicted molar refractivity (Wildman–Crippen MR) is 89.8 cm³/mol. The van der Waals surface area contributed by atoms with E-state index < -0.39 is 5.54 Å². The van der Waals surface area contributed by atoms with Crippen LogP contribution in [0.4, 0.5) is 0 Å². The van der Waals surface area contributed by atoms with Crippen LogP contribution in [0.15, 0.2) is 24.3 Å². The molecular weight excluding hydrogens is 284 g/mol. The Balaban J connectivity index is 2.69. The maximum Gasteiger partial charge on any atom is 0.252 e. The van der Waals surface area contributed by atoms with Crippen molar-refractivity contribution in [3.8, 4) is 5.75 Å². The molecule has 0 saturated carbocycles. The summed E-state index contributed by atoms with van der Waals surface area (Å²) in [7, 11) is 0. The molecule has 1 unspecified atom stereocenters. The molecule has 0 spiro atoms. The molecule has 116 valence electrons. The lowest BCUT2D eigenvalue weighted by molar-refractivity contribution is 0.0926. The zero-order valence-electron chi connectivity index (χ0n) is 12.9. The minimum Gasteiger partial charge on any atom is -0.494 e. The SMILES string of the molecule is CCCCOc1ccc(C(=O)NC(C)(CC)C(N)=S)cc1. The Morgan fingerprint density at radius 1 is 1.33 bits per heavy atom. The van der Waals surface area contributed by atoms with Gasteiger partial charge < -0.3 is 15.8 Å². The summed E-state index contributed by atoms with van der Waals surface area (Å²) in [4.78, 5) is 12.5. The Bertz CT molecular complexity index is 488. The van der Waals surface area contributed by atoms with Crippen LogP contribution < -0.4 is 15.8 Å². The maximum atomic E-state index is 12.2. The lowest BCUT2D eigenvalue weighted by atomic mass is 9.98. The zero-order valence-corrected chi connectivity index (χ0v) is 13.8. The fraction of sp³-hybridized carbons (Fsp3) is 0.500. The minimum atomic E-state index is -0.664. The van der Waals surface area contributed by atoms with Crippen molar-refractivity contribution in [3.63, 3.8) is 0 Å². The number of thiocarbonyl (C=S) groups is 1. The molecule has 1 atom stereocenters. The van der Waals surface area contributed by atoms with Crippen molar-refractivity contribution < 1.29 is 9.53 Å². The third kappa shape index (κ3) is 5.01. The number of carbonyl (C=O) groups is 1. The summed E-state index contributed by atoms with van der Waals surface area (Å²) < 4.78 is 5.57. The first-order chi connectivity index (χ1) is 9.92. The van der Waals surface area contributed by atoms with E-state index in [1.807, 2.05) is 13.8 Å². The topological polar surface area (TPSA) is 64.3 Å². The Morgan fingerprint density at radius 2 is 1.95 bits per heavy atom. The Morgan fingerprint density at radius 3 is 2.43 bits per heavy atom. The van der Waals surface area contributed by atoms with E-state index in [2.05, 4.69) is 12.2 Å². The van der Waals surface area contributed by atoms with Crippen LogP contribution in [0.5, 0.6) is 5.75 Å². The number of hydrogen-bond donors (Lipinski definition) is 2. The molecule has 4 nitrogen and oxygen atoms in total. The first-order valence-electron chi connectivity index (χ1n) is 7.28. The summed E-state index contributed by atoms with van der Waals surface area (Å²) >= 11 is 5.02. The lowest BCUT2D eigenvalue weighted by Crippen LogP contribution is -2.54. The largest absolute Gasteiger partial charge is 0.494 e. The molecule has 1 aromatic carbocycles. The van der Waals surface area contributed by atoms with E-state index in [0.29, 0.717) is 18.6 Å². The van der Waals surface area contributed by atoms with Crippen LogP contribution in [0.3, 0.4) is 0 Å². The van der Waals surface area contributed by atoms with Crippen molar-refractivity contribution in [1.29, 1.82) is 0 Å². The molecule has 0 heterocycles. The van der Waals surface area contributed by atoms with E-state index >= 15 is 0 Å². The molecule has 0 saturated heterocycles. The minimum absolute atomic E-state index is 0.188. The summed E-state index contributed by atoms with van der Waals surface area (Å²) in [5.41, 5.74) is 5.60. The number of nitrogens with two attached hydrogens (primary N) is 1. The van der Waals surface area contributed by atoms with Crippen molar-refractivity contribution in [2.45, 2.75) is 45.6 Å². The van der Waals surface area contributed by atoms with Gasteiger partial charge in [0.25, 0.3) is 5.91 Å². The summed E-state index contributed by atoms with van der Waals surface area (Å²) in [6.45, 7) is 6.57. The van der Waals surface area contributed by atoms with Gasteiger partial charge in [-0.25, -0.2) is 0 Å². The Kier molecular flexibility index (Phi) is 6.62. The number of nitrogens with one attached hydrogen (secondary N) is 1. The average Bonchev–Trinajstić information content (AvgIpc) is 2.47. The highest BCUT2D eigenvalue weighted by molar-refractivity contribution is 7.80. The normalized spacial score (nSPS) is 13.3. The quantitative estimate of drug-likeness (QED) is 0.572. The van der Waals surface area contributed by atoms with Crippen LogP contribution in [-0.2, 0) is 0 Å². The van der Waals surface area contributed by atoms with Crippen molar-refractivity contribution >= 4 is 23.1 Å². The molecule has 1 amide bonds. The molecular formula is C16H24N2O2S. The highest BCUT2D eigenvalue weighted by Crippen LogP contribution is 2.15. The summed E-state index contributed by atoms with van der Waals surface area (Å²) in [6.07, 6.45) is 2.76. The standard InChI is InChI=1S/C16H24N2O2S/c1-4-6-11-20-13-9-7-12(8-10-13)14(19)18-16(3,5-2)15(17)21/h7-10H,4-6,11H2,1-3H3,(H2,17,21)(H,18,19). The van der Waals surface area contributed by atoms with Gasteiger partial charge in [0, 0.05) is 5.56 Å². The van der Waals surface area contributed by atoms with Gasteiger partial charge in [-0.15, -0.1) is 0 Å². The molecule has 1 rings (SSSR count). The number of unbranched alkanes of at least 4 members (excludes halogenated alkanes) is 1. The maximum absolute atomic E-state index is 12.2. The zero-order chi connectivity index (χ0) is 15.9. The van der Waals surface area contributed by atoms with E-state index in [9.17, 15) is 4.79 Å². The van der Waals surface area contributed by atoms with Crippen LogP contribution in [0.1, 0.15) is 50.4 Å². The first kappa shape index (κ1) is 17.4. The number of hydrogen-bond acceptors (Lipinski definition) is 3. The first-order valence-corrected chi connectivity index (χ1v) is 7.69. The number of rotatable bonds is 8. The van der Waals surface area contributed by atoms with Crippen LogP contribution >= 0.6 is 12.2 Å². The molecule has 0 aromatic heterocycles. The van der Waals surface area contributed by atoms with Crippen LogP contribution in [0.25, 0.3) is 0 Å². The number of ether oxygens (including phenoxy) is 1. The van der Waals surface area contributed by atoms with Crippen molar-refractivity contribution in [2.75, 3.05) is 6.61 Å². The second kappa shape index (κ2) is 7.98. The van der Waals surface area contributed by atoms with Gasteiger partial charge in [0.05, 0.1) is 17.1 Å². The highest BCUT2D eigenvalue weighted by atomic mass is 32.1. The molecule has 0 aliphatic carbocycles. The summed E-state index contributed by atoms with van der Waals surface area (Å²) in [5, 5.41) is 2.88. The Labute approximate surface area is 132 Å². The van der Waals surface area contributed by atoms with Crippen LogP contribution in [-0.4, -0.2) is 23.0 Å². The lowest BCUT2D eigenvalue weighted by Gasteiger charge is -2.28. The average molecular weight is 308 g/mol. The van der Waals surface area contributed by atoms with Crippen LogP contribution in [0.2, 0.25) is 0 Å². The fourth-order valence-electron chi connectivity index (χ4n) is 1.68. The van der Waals surface area contributed by atoms with Gasteiger partial charge in [-0.2, -0.15) is 0 Å². The predicted octanol–water partition coefficient (Wildman–Crippen LogP) is 3.05.